The van der Waals surface area contributed by atoms with E-state index in [1.165, 1.54) is 66.0 Å². The maximum Gasteiger partial charge on any atom is 0.0880 e. The molecule has 0 radical (unpaired) electrons. The average Bonchev–Trinajstić information content (AvgIpc) is 3.18. The molecule has 0 bridgehead atoms. The lowest BCUT2D eigenvalue weighted by Gasteiger charge is -2.41. The number of benzene rings is 3. The standard InChI is InChI=1S/C32H33NS/c1-19(2)24-16-21(15-20-9-7-8-10-22(20)24)29-30-23(11-14-33-29)25-17-26-27(18-28(25)34-30)32(5,6)13-12-31(26,3)4/h7-11,14-19H,12-13H2,1-6H3. The zero-order valence-corrected chi connectivity index (χ0v) is 21.9. The summed E-state index contributed by atoms with van der Waals surface area (Å²) in [6.07, 6.45) is 4.48. The monoisotopic (exact) mass is 463 g/mol. The van der Waals surface area contributed by atoms with Crippen molar-refractivity contribution in [3.8, 4) is 11.3 Å². The molecule has 34 heavy (non-hydrogen) atoms. The first-order valence-electron chi connectivity index (χ1n) is 12.5. The van der Waals surface area contributed by atoms with E-state index in [0.717, 1.165) is 5.69 Å². The molecule has 0 N–H and O–H groups in total. The van der Waals surface area contributed by atoms with E-state index < -0.39 is 0 Å². The van der Waals surface area contributed by atoms with Crippen LogP contribution >= 0.6 is 11.3 Å². The largest absolute Gasteiger partial charge is 0.255 e. The Morgan fingerprint density at radius 3 is 2.24 bits per heavy atom. The van der Waals surface area contributed by atoms with Gasteiger partial charge in [0.1, 0.15) is 0 Å². The number of fused-ring (bicyclic) bond motifs is 5. The van der Waals surface area contributed by atoms with Crippen molar-refractivity contribution < 1.29 is 0 Å². The Bertz CT molecular complexity index is 1580. The van der Waals surface area contributed by atoms with Crippen molar-refractivity contribution in [2.45, 2.75) is 71.1 Å². The summed E-state index contributed by atoms with van der Waals surface area (Å²) in [5, 5.41) is 5.37. The fraction of sp³-hybridized carbons (Fsp3) is 0.344. The molecule has 0 unspecified atom stereocenters. The van der Waals surface area contributed by atoms with Gasteiger partial charge in [-0.2, -0.15) is 0 Å². The van der Waals surface area contributed by atoms with Gasteiger partial charge in [-0.15, -0.1) is 11.3 Å². The van der Waals surface area contributed by atoms with Gasteiger partial charge in [0, 0.05) is 27.2 Å². The number of thiophene rings is 1. The lowest BCUT2D eigenvalue weighted by atomic mass is 9.63. The molecular formula is C32H33NS. The van der Waals surface area contributed by atoms with Gasteiger partial charge >= 0.3 is 0 Å². The van der Waals surface area contributed by atoms with Crippen LogP contribution in [0.15, 0.2) is 60.8 Å². The van der Waals surface area contributed by atoms with Crippen LogP contribution in [0.1, 0.15) is 77.0 Å². The molecule has 1 nitrogen and oxygen atoms in total. The van der Waals surface area contributed by atoms with Gasteiger partial charge < -0.3 is 0 Å². The Hall–Kier alpha value is -2.71. The van der Waals surface area contributed by atoms with Gasteiger partial charge in [-0.05, 0) is 87.4 Å². The van der Waals surface area contributed by atoms with Crippen LogP contribution in [0.2, 0.25) is 0 Å². The van der Waals surface area contributed by atoms with E-state index in [0.29, 0.717) is 5.92 Å². The Balaban J connectivity index is 1.64. The predicted molar refractivity (Wildman–Crippen MR) is 149 cm³/mol. The smallest absolute Gasteiger partial charge is 0.0880 e. The lowest BCUT2D eigenvalue weighted by Crippen LogP contribution is -2.33. The van der Waals surface area contributed by atoms with Crippen molar-refractivity contribution in [1.82, 2.24) is 4.98 Å². The highest BCUT2D eigenvalue weighted by molar-refractivity contribution is 7.26. The quantitative estimate of drug-likeness (QED) is 0.254. The minimum absolute atomic E-state index is 0.216. The van der Waals surface area contributed by atoms with Crippen molar-refractivity contribution in [1.29, 1.82) is 0 Å². The molecule has 3 aromatic carbocycles. The van der Waals surface area contributed by atoms with Crippen molar-refractivity contribution in [2.24, 2.45) is 0 Å². The van der Waals surface area contributed by atoms with Crippen LogP contribution in [0.4, 0.5) is 0 Å². The second-order valence-electron chi connectivity index (χ2n) is 11.7. The van der Waals surface area contributed by atoms with Gasteiger partial charge in [0.2, 0.25) is 0 Å². The Morgan fingerprint density at radius 1 is 0.794 bits per heavy atom. The number of pyridine rings is 1. The highest BCUT2D eigenvalue weighted by atomic mass is 32.1. The molecule has 6 rings (SSSR count). The summed E-state index contributed by atoms with van der Waals surface area (Å²) < 4.78 is 2.69. The SMILES string of the molecule is CC(C)c1cc(-c2nccc3c2sc2cc4c(cc23)C(C)(C)CCC4(C)C)cc2ccccc12. The first kappa shape index (κ1) is 21.8. The normalized spacial score (nSPS) is 17.0. The molecule has 0 saturated carbocycles. The van der Waals surface area contributed by atoms with Gasteiger partial charge in [0.15, 0.2) is 0 Å². The van der Waals surface area contributed by atoms with E-state index in [-0.39, 0.29) is 10.8 Å². The second-order valence-corrected chi connectivity index (χ2v) is 12.8. The molecule has 0 spiro atoms. The summed E-state index contributed by atoms with van der Waals surface area (Å²) in [6, 6.07) is 20.7. The van der Waals surface area contributed by atoms with Crippen molar-refractivity contribution in [3.05, 3.63) is 77.5 Å². The van der Waals surface area contributed by atoms with Crippen molar-refractivity contribution in [3.63, 3.8) is 0 Å². The summed E-state index contributed by atoms with van der Waals surface area (Å²) in [6.45, 7) is 14.2. The number of aromatic nitrogens is 1. The molecule has 0 fully saturated rings. The number of hydrogen-bond donors (Lipinski definition) is 0. The van der Waals surface area contributed by atoms with Gasteiger partial charge in [-0.25, -0.2) is 0 Å². The van der Waals surface area contributed by atoms with Crippen LogP contribution in [-0.2, 0) is 10.8 Å². The highest BCUT2D eigenvalue weighted by Crippen LogP contribution is 2.49. The fourth-order valence-corrected chi connectivity index (χ4v) is 7.15. The molecule has 2 heterocycles. The van der Waals surface area contributed by atoms with E-state index in [2.05, 4.69) is 96.1 Å². The highest BCUT2D eigenvalue weighted by Gasteiger charge is 2.37. The molecule has 2 aromatic heterocycles. The van der Waals surface area contributed by atoms with Crippen molar-refractivity contribution in [2.75, 3.05) is 0 Å². The van der Waals surface area contributed by atoms with Crippen LogP contribution in [0.25, 0.3) is 42.2 Å². The maximum absolute atomic E-state index is 4.94. The second kappa shape index (κ2) is 7.39. The molecule has 0 aliphatic heterocycles. The molecule has 172 valence electrons. The zero-order valence-electron chi connectivity index (χ0n) is 21.1. The third-order valence-corrected chi connectivity index (χ3v) is 9.32. The van der Waals surface area contributed by atoms with Gasteiger partial charge in [0.25, 0.3) is 0 Å². The Kier molecular flexibility index (Phi) is 4.74. The molecule has 0 amide bonds. The van der Waals surface area contributed by atoms with Gasteiger partial charge in [0.05, 0.1) is 10.4 Å². The summed E-state index contributed by atoms with van der Waals surface area (Å²) in [5.74, 6) is 0.461. The first-order chi connectivity index (χ1) is 16.2. The predicted octanol–water partition coefficient (Wildman–Crippen LogP) is 9.74. The van der Waals surface area contributed by atoms with E-state index >= 15 is 0 Å². The molecule has 1 aliphatic carbocycles. The Morgan fingerprint density at radius 2 is 1.50 bits per heavy atom. The van der Waals surface area contributed by atoms with E-state index in [9.17, 15) is 0 Å². The molecule has 5 aromatic rings. The van der Waals surface area contributed by atoms with Crippen LogP contribution in [0.3, 0.4) is 0 Å². The van der Waals surface area contributed by atoms with Crippen LogP contribution in [0.5, 0.6) is 0 Å². The summed E-state index contributed by atoms with van der Waals surface area (Å²) in [4.78, 5) is 4.94. The van der Waals surface area contributed by atoms with Crippen LogP contribution in [-0.4, -0.2) is 4.98 Å². The lowest BCUT2D eigenvalue weighted by molar-refractivity contribution is 0.332. The summed E-state index contributed by atoms with van der Waals surface area (Å²) >= 11 is 1.91. The van der Waals surface area contributed by atoms with E-state index in [1.54, 1.807) is 0 Å². The molecule has 2 heteroatoms. The fourth-order valence-electron chi connectivity index (χ4n) is 5.92. The van der Waals surface area contributed by atoms with E-state index in [1.807, 2.05) is 17.5 Å². The first-order valence-corrected chi connectivity index (χ1v) is 13.4. The number of rotatable bonds is 2. The van der Waals surface area contributed by atoms with E-state index in [4.69, 9.17) is 4.98 Å². The van der Waals surface area contributed by atoms with Crippen molar-refractivity contribution >= 4 is 42.3 Å². The van der Waals surface area contributed by atoms with Crippen LogP contribution in [0, 0.1) is 0 Å². The molecular weight excluding hydrogens is 430 g/mol. The van der Waals surface area contributed by atoms with Gasteiger partial charge in [-0.1, -0.05) is 65.8 Å². The summed E-state index contributed by atoms with van der Waals surface area (Å²) in [5.41, 5.74) is 7.24. The average molecular weight is 464 g/mol. The molecule has 1 aliphatic rings. The molecule has 0 saturated heterocycles. The Labute approximate surface area is 206 Å². The number of nitrogens with zero attached hydrogens (tertiary/aromatic N) is 1. The minimum Gasteiger partial charge on any atom is -0.255 e. The summed E-state index contributed by atoms with van der Waals surface area (Å²) in [7, 11) is 0. The minimum atomic E-state index is 0.216. The third kappa shape index (κ3) is 3.22. The molecule has 0 atom stereocenters. The topological polar surface area (TPSA) is 12.9 Å². The maximum atomic E-state index is 4.94. The third-order valence-electron chi connectivity index (χ3n) is 8.15. The zero-order chi connectivity index (χ0) is 23.8. The van der Waals surface area contributed by atoms with Gasteiger partial charge in [-0.3, -0.25) is 4.98 Å². The number of hydrogen-bond acceptors (Lipinski definition) is 2. The van der Waals surface area contributed by atoms with Crippen LogP contribution < -0.4 is 0 Å².